The van der Waals surface area contributed by atoms with Gasteiger partial charge in [0.1, 0.15) is 12.1 Å². The van der Waals surface area contributed by atoms with E-state index in [9.17, 15) is 14.4 Å². The van der Waals surface area contributed by atoms with Crippen molar-refractivity contribution in [3.8, 4) is 0 Å². The molecule has 0 bridgehead atoms. The van der Waals surface area contributed by atoms with Gasteiger partial charge in [-0.2, -0.15) is 0 Å². The highest BCUT2D eigenvalue weighted by Gasteiger charge is 2.50. The molecule has 1 aromatic rings. The van der Waals surface area contributed by atoms with Gasteiger partial charge >= 0.3 is 6.03 Å². The highest BCUT2D eigenvalue weighted by molar-refractivity contribution is 6.09. The van der Waals surface area contributed by atoms with Crippen LogP contribution in [0.2, 0.25) is 0 Å². The Morgan fingerprint density at radius 3 is 2.58 bits per heavy atom. The SMILES string of the molecule is CC1(c2ccc3c(c2)CCC3)NC(=O)N(CC(=O)N2CCCCC2)C1=O. The number of hydrogen-bond donors (Lipinski definition) is 1. The fourth-order valence-corrected chi connectivity index (χ4v) is 4.30. The van der Waals surface area contributed by atoms with Gasteiger partial charge < -0.3 is 10.2 Å². The van der Waals surface area contributed by atoms with Gasteiger partial charge in [-0.25, -0.2) is 4.79 Å². The van der Waals surface area contributed by atoms with Crippen molar-refractivity contribution in [1.82, 2.24) is 15.1 Å². The van der Waals surface area contributed by atoms with Gasteiger partial charge in [-0.15, -0.1) is 0 Å². The summed E-state index contributed by atoms with van der Waals surface area (Å²) < 4.78 is 0. The fourth-order valence-electron chi connectivity index (χ4n) is 4.30. The molecule has 2 fully saturated rings. The summed E-state index contributed by atoms with van der Waals surface area (Å²) in [6, 6.07) is 5.54. The van der Waals surface area contributed by atoms with E-state index in [0.717, 1.165) is 49.0 Å². The Morgan fingerprint density at radius 2 is 1.81 bits per heavy atom. The molecule has 0 radical (unpaired) electrons. The zero-order valence-corrected chi connectivity index (χ0v) is 15.2. The summed E-state index contributed by atoms with van der Waals surface area (Å²) >= 11 is 0. The third-order valence-electron chi connectivity index (χ3n) is 5.95. The van der Waals surface area contributed by atoms with Gasteiger partial charge in [0, 0.05) is 13.1 Å². The number of imide groups is 1. The fraction of sp³-hybridized carbons (Fsp3) is 0.550. The molecule has 26 heavy (non-hydrogen) atoms. The number of fused-ring (bicyclic) bond motifs is 1. The number of nitrogens with one attached hydrogen (secondary N) is 1. The van der Waals surface area contributed by atoms with E-state index in [2.05, 4.69) is 11.4 Å². The van der Waals surface area contributed by atoms with Gasteiger partial charge in [0.05, 0.1) is 0 Å². The summed E-state index contributed by atoms with van der Waals surface area (Å²) in [6.07, 6.45) is 6.31. The van der Waals surface area contributed by atoms with Gasteiger partial charge in [0.25, 0.3) is 5.91 Å². The third-order valence-corrected chi connectivity index (χ3v) is 5.95. The van der Waals surface area contributed by atoms with E-state index in [0.29, 0.717) is 13.1 Å². The molecule has 2 saturated heterocycles. The van der Waals surface area contributed by atoms with Crippen LogP contribution in [-0.2, 0) is 28.0 Å². The highest BCUT2D eigenvalue weighted by atomic mass is 16.2. The number of nitrogens with zero attached hydrogens (tertiary/aromatic N) is 2. The topological polar surface area (TPSA) is 69.7 Å². The Balaban J connectivity index is 1.53. The average Bonchev–Trinajstić information content (AvgIpc) is 3.21. The number of carbonyl (C=O) groups excluding carboxylic acids is 3. The molecule has 138 valence electrons. The number of piperidine rings is 1. The molecule has 2 aliphatic heterocycles. The van der Waals surface area contributed by atoms with Gasteiger partial charge in [-0.1, -0.05) is 18.2 Å². The average molecular weight is 355 g/mol. The maximum Gasteiger partial charge on any atom is 0.325 e. The Hall–Kier alpha value is -2.37. The van der Waals surface area contributed by atoms with E-state index in [1.54, 1.807) is 11.8 Å². The van der Waals surface area contributed by atoms with E-state index in [1.807, 2.05) is 12.1 Å². The van der Waals surface area contributed by atoms with Crippen LogP contribution in [0.25, 0.3) is 0 Å². The number of amides is 4. The van der Waals surface area contributed by atoms with Crippen LogP contribution < -0.4 is 5.32 Å². The lowest BCUT2D eigenvalue weighted by atomic mass is 9.89. The Kier molecular flexibility index (Phi) is 4.21. The molecule has 1 aliphatic carbocycles. The van der Waals surface area contributed by atoms with Crippen LogP contribution in [0.3, 0.4) is 0 Å². The first kappa shape index (κ1) is 17.1. The summed E-state index contributed by atoms with van der Waals surface area (Å²) in [4.78, 5) is 40.8. The maximum atomic E-state index is 13.0. The number of rotatable bonds is 3. The molecule has 6 nitrogen and oxygen atoms in total. The quantitative estimate of drug-likeness (QED) is 0.843. The van der Waals surface area contributed by atoms with Crippen molar-refractivity contribution in [3.05, 3.63) is 34.9 Å². The third kappa shape index (κ3) is 2.77. The molecule has 4 rings (SSSR count). The Morgan fingerprint density at radius 1 is 1.08 bits per heavy atom. The van der Waals surface area contributed by atoms with Crippen LogP contribution in [0, 0.1) is 0 Å². The number of aryl methyl sites for hydroxylation is 2. The van der Waals surface area contributed by atoms with Gasteiger partial charge in [0.2, 0.25) is 5.91 Å². The first-order valence-corrected chi connectivity index (χ1v) is 9.53. The lowest BCUT2D eigenvalue weighted by Gasteiger charge is -2.28. The smallest absolute Gasteiger partial charge is 0.325 e. The second-order valence-electron chi connectivity index (χ2n) is 7.72. The number of carbonyl (C=O) groups is 3. The molecule has 2 heterocycles. The summed E-state index contributed by atoms with van der Waals surface area (Å²) in [5.74, 6) is -0.489. The molecule has 4 amide bonds. The number of benzene rings is 1. The standard InChI is InChI=1S/C20H25N3O3/c1-20(16-9-8-14-6-5-7-15(14)12-16)18(25)23(19(26)21-20)13-17(24)22-10-3-2-4-11-22/h8-9,12H,2-7,10-11,13H2,1H3,(H,21,26). The van der Waals surface area contributed by atoms with Crippen molar-refractivity contribution in [3.63, 3.8) is 0 Å². The largest absolute Gasteiger partial charge is 0.341 e. The van der Waals surface area contributed by atoms with Crippen molar-refractivity contribution >= 4 is 17.8 Å². The predicted octanol–water partition coefficient (Wildman–Crippen LogP) is 1.95. The summed E-state index contributed by atoms with van der Waals surface area (Å²) in [6.45, 7) is 2.98. The molecule has 3 aliphatic rings. The number of hydrogen-bond acceptors (Lipinski definition) is 3. The van der Waals surface area contributed by atoms with Crippen molar-refractivity contribution < 1.29 is 14.4 Å². The molecular formula is C20H25N3O3. The monoisotopic (exact) mass is 355 g/mol. The summed E-state index contributed by atoms with van der Waals surface area (Å²) in [5.41, 5.74) is 2.28. The van der Waals surface area contributed by atoms with Crippen molar-refractivity contribution in [1.29, 1.82) is 0 Å². The van der Waals surface area contributed by atoms with Crippen LogP contribution in [0.1, 0.15) is 49.3 Å². The van der Waals surface area contributed by atoms with E-state index >= 15 is 0 Å². The van der Waals surface area contributed by atoms with Crippen LogP contribution in [0.15, 0.2) is 18.2 Å². The minimum Gasteiger partial charge on any atom is -0.341 e. The normalized spacial score (nSPS) is 25.4. The predicted molar refractivity (Wildman–Crippen MR) is 96.5 cm³/mol. The summed E-state index contributed by atoms with van der Waals surface area (Å²) in [5, 5.41) is 2.81. The van der Waals surface area contributed by atoms with Crippen molar-refractivity contribution in [2.75, 3.05) is 19.6 Å². The molecule has 0 saturated carbocycles. The molecule has 0 spiro atoms. The minimum atomic E-state index is -1.10. The lowest BCUT2D eigenvalue weighted by molar-refractivity contribution is -0.139. The zero-order chi connectivity index (χ0) is 18.3. The Bertz CT molecular complexity index is 770. The summed E-state index contributed by atoms with van der Waals surface area (Å²) in [7, 11) is 0. The molecule has 1 unspecified atom stereocenters. The van der Waals surface area contributed by atoms with Gasteiger partial charge in [0.15, 0.2) is 0 Å². The zero-order valence-electron chi connectivity index (χ0n) is 15.2. The van der Waals surface area contributed by atoms with E-state index in [-0.39, 0.29) is 18.4 Å². The van der Waals surface area contributed by atoms with Crippen LogP contribution in [0.4, 0.5) is 4.79 Å². The first-order valence-electron chi connectivity index (χ1n) is 9.53. The Labute approximate surface area is 153 Å². The first-order chi connectivity index (χ1) is 12.5. The number of likely N-dealkylation sites (tertiary alicyclic amines) is 1. The van der Waals surface area contributed by atoms with E-state index < -0.39 is 11.6 Å². The molecular weight excluding hydrogens is 330 g/mol. The number of urea groups is 1. The van der Waals surface area contributed by atoms with Crippen LogP contribution in [0.5, 0.6) is 0 Å². The highest BCUT2D eigenvalue weighted by Crippen LogP contribution is 2.32. The second kappa shape index (κ2) is 6.41. The molecule has 1 aromatic carbocycles. The lowest BCUT2D eigenvalue weighted by Crippen LogP contribution is -2.45. The van der Waals surface area contributed by atoms with E-state index in [4.69, 9.17) is 0 Å². The maximum absolute atomic E-state index is 13.0. The van der Waals surface area contributed by atoms with Gasteiger partial charge in [-0.05, 0) is 62.1 Å². The van der Waals surface area contributed by atoms with Crippen LogP contribution >= 0.6 is 0 Å². The van der Waals surface area contributed by atoms with E-state index in [1.165, 1.54) is 11.1 Å². The second-order valence-corrected chi connectivity index (χ2v) is 7.72. The van der Waals surface area contributed by atoms with Crippen molar-refractivity contribution in [2.45, 2.75) is 51.0 Å². The van der Waals surface area contributed by atoms with Gasteiger partial charge in [-0.3, -0.25) is 14.5 Å². The van der Waals surface area contributed by atoms with Crippen molar-refractivity contribution in [2.24, 2.45) is 0 Å². The molecule has 1 atom stereocenters. The molecule has 1 N–H and O–H groups in total. The van der Waals surface area contributed by atoms with Crippen LogP contribution in [-0.4, -0.2) is 47.3 Å². The minimum absolute atomic E-state index is 0.147. The molecule has 6 heteroatoms. The molecule has 0 aromatic heterocycles.